The number of hydrogen-bond donors (Lipinski definition) is 3. The summed E-state index contributed by atoms with van der Waals surface area (Å²) in [5, 5.41) is 9.35. The molecule has 0 saturated carbocycles. The molecule has 0 aliphatic rings. The van der Waals surface area contributed by atoms with E-state index in [1.54, 1.807) is 12.1 Å². The molecule has 0 spiro atoms. The highest BCUT2D eigenvalue weighted by Crippen LogP contribution is 2.07. The fourth-order valence-electron chi connectivity index (χ4n) is 2.34. The Morgan fingerprint density at radius 1 is 0.923 bits per heavy atom. The Kier molecular flexibility index (Phi) is 10.4. The SMILES string of the molecule is CCNC(=NCc1ccccc1C)NCCNC(=O)c1ccccc1.I. The zero-order valence-corrected chi connectivity index (χ0v) is 17.6. The summed E-state index contributed by atoms with van der Waals surface area (Å²) in [7, 11) is 0. The summed E-state index contributed by atoms with van der Waals surface area (Å²) in [6.07, 6.45) is 0. The van der Waals surface area contributed by atoms with Crippen molar-refractivity contribution in [1.82, 2.24) is 16.0 Å². The van der Waals surface area contributed by atoms with Crippen LogP contribution in [0.5, 0.6) is 0 Å². The third-order valence-electron chi connectivity index (χ3n) is 3.75. The van der Waals surface area contributed by atoms with Gasteiger partial charge in [0.05, 0.1) is 6.54 Å². The first kappa shape index (κ1) is 22.0. The highest BCUT2D eigenvalue weighted by molar-refractivity contribution is 14.0. The fraction of sp³-hybridized carbons (Fsp3) is 0.300. The van der Waals surface area contributed by atoms with E-state index in [0.717, 1.165) is 12.5 Å². The molecule has 2 rings (SSSR count). The maximum Gasteiger partial charge on any atom is 0.251 e. The second kappa shape index (κ2) is 12.3. The van der Waals surface area contributed by atoms with Crippen molar-refractivity contribution in [1.29, 1.82) is 0 Å². The molecule has 0 aliphatic heterocycles. The van der Waals surface area contributed by atoms with Gasteiger partial charge in [0.2, 0.25) is 0 Å². The zero-order valence-electron chi connectivity index (χ0n) is 15.3. The van der Waals surface area contributed by atoms with Crippen molar-refractivity contribution < 1.29 is 4.79 Å². The lowest BCUT2D eigenvalue weighted by molar-refractivity contribution is 0.0954. The Morgan fingerprint density at radius 2 is 1.58 bits per heavy atom. The Morgan fingerprint density at radius 3 is 2.27 bits per heavy atom. The second-order valence-corrected chi connectivity index (χ2v) is 5.67. The molecule has 0 radical (unpaired) electrons. The molecule has 0 bridgehead atoms. The van der Waals surface area contributed by atoms with Gasteiger partial charge in [0.25, 0.3) is 5.91 Å². The van der Waals surface area contributed by atoms with Crippen LogP contribution in [0.25, 0.3) is 0 Å². The first-order chi connectivity index (χ1) is 12.2. The third-order valence-corrected chi connectivity index (χ3v) is 3.75. The smallest absolute Gasteiger partial charge is 0.251 e. The summed E-state index contributed by atoms with van der Waals surface area (Å²) in [5.74, 6) is 0.684. The Bertz CT molecular complexity index is 704. The number of guanidine groups is 1. The van der Waals surface area contributed by atoms with Gasteiger partial charge in [-0.3, -0.25) is 4.79 Å². The lowest BCUT2D eigenvalue weighted by atomic mass is 10.1. The molecule has 0 saturated heterocycles. The maximum absolute atomic E-state index is 12.0. The fourth-order valence-corrected chi connectivity index (χ4v) is 2.34. The molecule has 26 heavy (non-hydrogen) atoms. The minimum atomic E-state index is -0.0655. The molecule has 5 nitrogen and oxygen atoms in total. The van der Waals surface area contributed by atoms with Crippen LogP contribution >= 0.6 is 24.0 Å². The summed E-state index contributed by atoms with van der Waals surface area (Å²) in [6.45, 7) is 6.67. The predicted octanol–water partition coefficient (Wildman–Crippen LogP) is 3.10. The molecular weight excluding hydrogens is 439 g/mol. The molecule has 0 fully saturated rings. The summed E-state index contributed by atoms with van der Waals surface area (Å²) < 4.78 is 0. The standard InChI is InChI=1S/C20H26N4O.HI/c1-3-21-20(24-15-18-12-8-7-9-16(18)2)23-14-13-22-19(25)17-10-5-4-6-11-17;/h4-12H,3,13-15H2,1-2H3,(H,22,25)(H2,21,23,24);1H. The summed E-state index contributed by atoms with van der Waals surface area (Å²) in [4.78, 5) is 16.6. The van der Waals surface area contributed by atoms with Gasteiger partial charge in [0.15, 0.2) is 5.96 Å². The first-order valence-electron chi connectivity index (χ1n) is 8.60. The summed E-state index contributed by atoms with van der Waals surface area (Å²) in [5.41, 5.74) is 3.11. The number of rotatable bonds is 7. The van der Waals surface area contributed by atoms with Crippen LogP contribution in [0, 0.1) is 6.92 Å². The van der Waals surface area contributed by atoms with Crippen LogP contribution in [-0.2, 0) is 6.54 Å². The molecular formula is C20H27IN4O. The topological polar surface area (TPSA) is 65.5 Å². The summed E-state index contributed by atoms with van der Waals surface area (Å²) in [6, 6.07) is 17.4. The van der Waals surface area contributed by atoms with E-state index < -0.39 is 0 Å². The number of aryl methyl sites for hydroxylation is 1. The molecule has 0 aromatic heterocycles. The van der Waals surface area contributed by atoms with Crippen molar-refractivity contribution in [3.63, 3.8) is 0 Å². The van der Waals surface area contributed by atoms with Crippen molar-refractivity contribution in [2.24, 2.45) is 4.99 Å². The predicted molar refractivity (Wildman–Crippen MR) is 118 cm³/mol. The lowest BCUT2D eigenvalue weighted by Crippen LogP contribution is -2.41. The van der Waals surface area contributed by atoms with Crippen LogP contribution in [0.15, 0.2) is 59.6 Å². The van der Waals surface area contributed by atoms with E-state index in [0.29, 0.717) is 25.2 Å². The van der Waals surface area contributed by atoms with Crippen LogP contribution < -0.4 is 16.0 Å². The second-order valence-electron chi connectivity index (χ2n) is 5.67. The molecule has 140 valence electrons. The van der Waals surface area contributed by atoms with Gasteiger partial charge in [-0.05, 0) is 37.1 Å². The Labute approximate surface area is 172 Å². The van der Waals surface area contributed by atoms with Gasteiger partial charge in [0.1, 0.15) is 0 Å². The highest BCUT2D eigenvalue weighted by Gasteiger charge is 2.03. The molecule has 2 aromatic carbocycles. The maximum atomic E-state index is 12.0. The van der Waals surface area contributed by atoms with Crippen molar-refractivity contribution in [3.05, 3.63) is 71.3 Å². The number of aliphatic imine (C=N–C) groups is 1. The molecule has 0 heterocycles. The van der Waals surface area contributed by atoms with Crippen LogP contribution in [0.4, 0.5) is 0 Å². The largest absolute Gasteiger partial charge is 0.357 e. The van der Waals surface area contributed by atoms with Gasteiger partial charge in [-0.1, -0.05) is 42.5 Å². The van der Waals surface area contributed by atoms with Crippen LogP contribution in [0.3, 0.4) is 0 Å². The number of carbonyl (C=O) groups excluding carboxylic acids is 1. The van der Waals surface area contributed by atoms with E-state index in [1.807, 2.05) is 37.3 Å². The van der Waals surface area contributed by atoms with Gasteiger partial charge in [-0.2, -0.15) is 0 Å². The minimum absolute atomic E-state index is 0. The molecule has 3 N–H and O–H groups in total. The van der Waals surface area contributed by atoms with Gasteiger partial charge in [-0.15, -0.1) is 24.0 Å². The van der Waals surface area contributed by atoms with Gasteiger partial charge in [0, 0.05) is 25.2 Å². The molecule has 6 heteroatoms. The van der Waals surface area contributed by atoms with Crippen LogP contribution in [0.2, 0.25) is 0 Å². The normalized spacial score (nSPS) is 10.6. The van der Waals surface area contributed by atoms with Crippen molar-refractivity contribution in [2.75, 3.05) is 19.6 Å². The molecule has 0 unspecified atom stereocenters. The highest BCUT2D eigenvalue weighted by atomic mass is 127. The monoisotopic (exact) mass is 466 g/mol. The number of nitrogens with one attached hydrogen (secondary N) is 3. The van der Waals surface area contributed by atoms with Crippen molar-refractivity contribution in [3.8, 4) is 0 Å². The van der Waals surface area contributed by atoms with Gasteiger partial charge in [-0.25, -0.2) is 4.99 Å². The van der Waals surface area contributed by atoms with E-state index in [2.05, 4.69) is 40.0 Å². The average Bonchev–Trinajstić information content (AvgIpc) is 2.64. The van der Waals surface area contributed by atoms with Gasteiger partial charge >= 0.3 is 0 Å². The molecule has 0 atom stereocenters. The number of nitrogens with zero attached hydrogens (tertiary/aromatic N) is 1. The van der Waals surface area contributed by atoms with Crippen LogP contribution in [0.1, 0.15) is 28.4 Å². The van der Waals surface area contributed by atoms with E-state index in [9.17, 15) is 4.79 Å². The molecule has 0 aliphatic carbocycles. The Balaban J connectivity index is 0.00000338. The van der Waals surface area contributed by atoms with E-state index in [1.165, 1.54) is 11.1 Å². The average molecular weight is 466 g/mol. The quantitative estimate of drug-likeness (QED) is 0.254. The van der Waals surface area contributed by atoms with E-state index in [4.69, 9.17) is 0 Å². The van der Waals surface area contributed by atoms with Gasteiger partial charge < -0.3 is 16.0 Å². The number of hydrogen-bond acceptors (Lipinski definition) is 2. The van der Waals surface area contributed by atoms with Crippen molar-refractivity contribution >= 4 is 35.8 Å². The molecule has 2 aromatic rings. The number of benzene rings is 2. The number of carbonyl (C=O) groups is 1. The Hall–Kier alpha value is -2.09. The number of halogens is 1. The number of amides is 1. The third kappa shape index (κ3) is 7.43. The van der Waals surface area contributed by atoms with Crippen LogP contribution in [-0.4, -0.2) is 31.5 Å². The van der Waals surface area contributed by atoms with Crippen molar-refractivity contribution in [2.45, 2.75) is 20.4 Å². The molecule has 1 amide bonds. The van der Waals surface area contributed by atoms with E-state index in [-0.39, 0.29) is 29.9 Å². The zero-order chi connectivity index (χ0) is 17.9. The minimum Gasteiger partial charge on any atom is -0.357 e. The lowest BCUT2D eigenvalue weighted by Gasteiger charge is -2.12. The summed E-state index contributed by atoms with van der Waals surface area (Å²) >= 11 is 0. The van der Waals surface area contributed by atoms with E-state index >= 15 is 0 Å². The first-order valence-corrected chi connectivity index (χ1v) is 8.60.